The van der Waals surface area contributed by atoms with Crippen LogP contribution < -0.4 is 73.6 Å². The molecule has 22 heavy (non-hydrogen) atoms. The molecule has 108 valence electrons. The molecule has 0 amide bonds. The summed E-state index contributed by atoms with van der Waals surface area (Å²) >= 11 is 0. The van der Waals surface area contributed by atoms with Crippen molar-refractivity contribution in [2.75, 3.05) is 6.61 Å². The molecule has 0 bridgehead atoms. The fourth-order valence-electron chi connectivity index (χ4n) is 2.34. The summed E-state index contributed by atoms with van der Waals surface area (Å²) in [4.78, 5) is 11.3. The zero-order chi connectivity index (χ0) is 14.3. The molecule has 0 atom stereocenters. The van der Waals surface area contributed by atoms with E-state index in [1.54, 1.807) is 12.1 Å². The molecule has 0 unspecified atom stereocenters. The number of hydrogen-bond donors (Lipinski definition) is 2. The second kappa shape index (κ2) is 7.90. The first-order chi connectivity index (χ1) is 9.46. The summed E-state index contributed by atoms with van der Waals surface area (Å²) in [6, 6.07) is 3.26. The van der Waals surface area contributed by atoms with Crippen molar-refractivity contribution in [3.63, 3.8) is 0 Å². The fraction of sp³-hybridized carbons (Fsp3) is 0.462. The van der Waals surface area contributed by atoms with Crippen LogP contribution in [0.2, 0.25) is 6.32 Å². The van der Waals surface area contributed by atoms with Gasteiger partial charge in [0.2, 0.25) is 0 Å². The van der Waals surface area contributed by atoms with E-state index in [9.17, 15) is 19.9 Å². The van der Waals surface area contributed by atoms with Crippen molar-refractivity contribution in [2.45, 2.75) is 25.6 Å². The Kier molecular flexibility index (Phi) is 7.30. The number of aromatic carboxylic acids is 1. The van der Waals surface area contributed by atoms with Crippen molar-refractivity contribution in [3.05, 3.63) is 23.3 Å². The van der Waals surface area contributed by atoms with Gasteiger partial charge in [-0.3, -0.25) is 0 Å². The average Bonchev–Trinajstić information content (AvgIpc) is 3.17. The van der Waals surface area contributed by atoms with Crippen molar-refractivity contribution in [1.82, 2.24) is 0 Å². The number of ether oxygens (including phenoxy) is 1. The summed E-state index contributed by atoms with van der Waals surface area (Å²) in [6.45, 7) is -2.56. The zero-order valence-corrected chi connectivity index (χ0v) is 16.9. The van der Waals surface area contributed by atoms with Crippen LogP contribution >= 0.6 is 0 Å². The summed E-state index contributed by atoms with van der Waals surface area (Å²) in [6.07, 6.45) is 2.55. The number of rotatable bonds is 4. The van der Waals surface area contributed by atoms with E-state index in [-0.39, 0.29) is 82.5 Å². The molecule has 6 nitrogen and oxygen atoms in total. The molecule has 2 aliphatic rings. The van der Waals surface area contributed by atoms with Gasteiger partial charge in [0.05, 0.1) is 23.9 Å². The van der Waals surface area contributed by atoms with Gasteiger partial charge < -0.3 is 29.3 Å². The minimum Gasteiger partial charge on any atom is -0.669 e. The molecule has 0 radical (unpaired) electrons. The summed E-state index contributed by atoms with van der Waals surface area (Å²) in [5, 5.41) is 30.5. The molecule has 1 aromatic carbocycles. The van der Waals surface area contributed by atoms with E-state index in [2.05, 4.69) is 0 Å². The second-order valence-electron chi connectivity index (χ2n) is 5.48. The molecule has 1 saturated carbocycles. The second-order valence-corrected chi connectivity index (χ2v) is 5.48. The summed E-state index contributed by atoms with van der Waals surface area (Å²) in [5.41, 5.74) is 0.376. The molecule has 3 rings (SSSR count). The number of benzene rings is 1. The molecular weight excluding hydrogens is 309 g/mol. The Labute approximate surface area is 172 Å². The molecule has 1 aliphatic carbocycles. The number of carbonyl (C=O) groups is 1. The van der Waals surface area contributed by atoms with Crippen LogP contribution in [0.1, 0.15) is 28.8 Å². The monoisotopic (exact) mass is 324 g/mol. The quantitative estimate of drug-likeness (QED) is 0.535. The fourth-order valence-corrected chi connectivity index (χ4v) is 2.34. The molecule has 9 heteroatoms. The van der Waals surface area contributed by atoms with E-state index in [1.807, 2.05) is 0 Å². The van der Waals surface area contributed by atoms with Gasteiger partial charge in [0.15, 0.2) is 0 Å². The molecule has 1 aromatic rings. The van der Waals surface area contributed by atoms with E-state index in [4.69, 9.17) is 9.39 Å². The molecular formula is C13H15BNa2O6. The van der Waals surface area contributed by atoms with Gasteiger partial charge in [-0.25, -0.2) is 0 Å². The first-order valence-electron chi connectivity index (χ1n) is 6.75. The van der Waals surface area contributed by atoms with Gasteiger partial charge in [0.25, 0.3) is 0 Å². The molecule has 0 aromatic heterocycles. The first kappa shape index (κ1) is 20.3. The number of carboxylic acids is 1. The molecule has 0 spiro atoms. The van der Waals surface area contributed by atoms with Crippen LogP contribution in [0.4, 0.5) is 0 Å². The van der Waals surface area contributed by atoms with E-state index in [1.165, 1.54) is 0 Å². The third-order valence-corrected chi connectivity index (χ3v) is 3.67. The molecule has 1 heterocycles. The van der Waals surface area contributed by atoms with Gasteiger partial charge in [-0.1, -0.05) is 12.4 Å². The first-order valence-corrected chi connectivity index (χ1v) is 6.75. The Bertz CT molecular complexity index is 562. The van der Waals surface area contributed by atoms with E-state index >= 15 is 0 Å². The SMILES string of the molecule is O=C([O-])c1c(OCC2CC2)ccc2c1O[B-](O)(O)CC2.[Na+].[Na+]. The van der Waals surface area contributed by atoms with Gasteiger partial charge in [-0.05, 0) is 36.8 Å². The normalized spacial score (nSPS) is 18.1. The third-order valence-electron chi connectivity index (χ3n) is 3.67. The molecule has 1 fully saturated rings. The molecule has 0 saturated heterocycles. The maximum absolute atomic E-state index is 11.3. The van der Waals surface area contributed by atoms with Gasteiger partial charge in [-0.2, -0.15) is 0 Å². The van der Waals surface area contributed by atoms with Crippen LogP contribution in [-0.2, 0) is 6.42 Å². The molecule has 1 aliphatic heterocycles. The van der Waals surface area contributed by atoms with Crippen molar-refractivity contribution in [3.8, 4) is 11.5 Å². The van der Waals surface area contributed by atoms with Crippen LogP contribution in [0.3, 0.4) is 0 Å². The minimum atomic E-state index is -3.01. The predicted octanol–water partition coefficient (Wildman–Crippen LogP) is -6.29. The number of carboxylic acid groups (broad SMARTS) is 1. The van der Waals surface area contributed by atoms with E-state index in [0.29, 0.717) is 24.5 Å². The van der Waals surface area contributed by atoms with Crippen LogP contribution in [0.5, 0.6) is 11.5 Å². The summed E-state index contributed by atoms with van der Waals surface area (Å²) in [7, 11) is 0. The minimum absolute atomic E-state index is 0. The molecule has 2 N–H and O–H groups in total. The largest absolute Gasteiger partial charge is 1.00 e. The maximum Gasteiger partial charge on any atom is 1.00 e. The zero-order valence-electron chi connectivity index (χ0n) is 12.9. The van der Waals surface area contributed by atoms with E-state index < -0.39 is 12.7 Å². The van der Waals surface area contributed by atoms with Crippen LogP contribution in [0, 0.1) is 5.92 Å². The number of hydrogen-bond acceptors (Lipinski definition) is 6. The number of carbonyl (C=O) groups excluding carboxylic acids is 1. The number of fused-ring (bicyclic) bond motifs is 1. The van der Waals surface area contributed by atoms with Crippen molar-refractivity contribution in [1.29, 1.82) is 0 Å². The summed E-state index contributed by atoms with van der Waals surface area (Å²) in [5.74, 6) is -0.861. The van der Waals surface area contributed by atoms with Crippen LogP contribution in [-0.4, -0.2) is 29.4 Å². The Hall–Kier alpha value is 0.275. The third kappa shape index (κ3) is 4.64. The van der Waals surface area contributed by atoms with Gasteiger partial charge in [0, 0.05) is 0 Å². The smallest absolute Gasteiger partial charge is 0.669 e. The summed E-state index contributed by atoms with van der Waals surface area (Å²) < 4.78 is 10.5. The topological polar surface area (TPSA) is 99.1 Å². The van der Waals surface area contributed by atoms with Gasteiger partial charge >= 0.3 is 65.9 Å². The van der Waals surface area contributed by atoms with E-state index in [0.717, 1.165) is 12.8 Å². The van der Waals surface area contributed by atoms with Gasteiger partial charge in [-0.15, -0.1) is 0 Å². The van der Waals surface area contributed by atoms with Crippen molar-refractivity contribution >= 4 is 12.7 Å². The average molecular weight is 324 g/mol. The van der Waals surface area contributed by atoms with Crippen LogP contribution in [0.15, 0.2) is 12.1 Å². The predicted molar refractivity (Wildman–Crippen MR) is 68.3 cm³/mol. The Morgan fingerprint density at radius 2 is 2.05 bits per heavy atom. The Morgan fingerprint density at radius 1 is 1.36 bits per heavy atom. The van der Waals surface area contributed by atoms with Crippen LogP contribution in [0.25, 0.3) is 0 Å². The standard InChI is InChI=1S/C13H16BO6.2Na/c15-13(16)11-10(19-7-8-1-2-8)4-3-9-5-6-14(17,18)20-12(9)11;;/h3-4,8,17-18H,1-2,5-7H2,(H,15,16);;/q-1;2*+1/p-1. The van der Waals surface area contributed by atoms with Crippen molar-refractivity contribution < 1.29 is 88.5 Å². The maximum atomic E-state index is 11.3. The Balaban J connectivity index is 0.00000121. The van der Waals surface area contributed by atoms with Gasteiger partial charge in [0.1, 0.15) is 5.75 Å². The Morgan fingerprint density at radius 3 is 2.64 bits per heavy atom. The number of aryl methyl sites for hydroxylation is 1. The van der Waals surface area contributed by atoms with Crippen molar-refractivity contribution in [2.24, 2.45) is 5.92 Å².